The second-order valence-corrected chi connectivity index (χ2v) is 4.93. The van der Waals surface area contributed by atoms with E-state index in [-0.39, 0.29) is 11.3 Å². The van der Waals surface area contributed by atoms with Gasteiger partial charge in [-0.3, -0.25) is 4.79 Å². The lowest BCUT2D eigenvalue weighted by molar-refractivity contribution is 0.0695. The number of rotatable bonds is 4. The van der Waals surface area contributed by atoms with E-state index >= 15 is 0 Å². The summed E-state index contributed by atoms with van der Waals surface area (Å²) in [6.45, 7) is 1.49. The van der Waals surface area contributed by atoms with Gasteiger partial charge in [-0.25, -0.2) is 4.79 Å². The Labute approximate surface area is 121 Å². The summed E-state index contributed by atoms with van der Waals surface area (Å²) in [4.78, 5) is 22.8. The molecule has 2 aromatic rings. The van der Waals surface area contributed by atoms with E-state index in [1.807, 2.05) is 12.1 Å². The van der Waals surface area contributed by atoms with Gasteiger partial charge in [-0.05, 0) is 42.7 Å². The Hall–Kier alpha value is -2.13. The van der Waals surface area contributed by atoms with Crippen LogP contribution in [0.25, 0.3) is 0 Å². The molecule has 0 aliphatic rings. The average molecular weight is 289 g/mol. The first-order chi connectivity index (χ1) is 9.49. The molecular formula is C16H13ClO3. The molecule has 3 nitrogen and oxygen atoms in total. The molecule has 0 fully saturated rings. The van der Waals surface area contributed by atoms with Crippen LogP contribution in [-0.2, 0) is 6.42 Å². The molecule has 4 heteroatoms. The van der Waals surface area contributed by atoms with Crippen LogP contribution in [0.3, 0.4) is 0 Å². The number of ketones is 1. The number of halogens is 1. The molecule has 0 saturated carbocycles. The standard InChI is InChI=1S/C16H13ClO3/c1-10(18)14-5-3-2-4-11(14)8-12-9-13(17)6-7-15(12)16(19)20/h2-7,9H,8H2,1H3,(H,19,20). The molecule has 20 heavy (non-hydrogen) atoms. The first-order valence-corrected chi connectivity index (χ1v) is 6.47. The fourth-order valence-corrected chi connectivity index (χ4v) is 2.33. The first kappa shape index (κ1) is 14.3. The fourth-order valence-electron chi connectivity index (χ4n) is 2.14. The van der Waals surface area contributed by atoms with Crippen LogP contribution in [-0.4, -0.2) is 16.9 Å². The monoisotopic (exact) mass is 288 g/mol. The first-order valence-electron chi connectivity index (χ1n) is 6.09. The molecule has 2 rings (SSSR count). The van der Waals surface area contributed by atoms with E-state index in [0.29, 0.717) is 22.6 Å². The predicted molar refractivity (Wildman–Crippen MR) is 77.7 cm³/mol. The SMILES string of the molecule is CC(=O)c1ccccc1Cc1cc(Cl)ccc1C(=O)O. The van der Waals surface area contributed by atoms with E-state index in [2.05, 4.69) is 0 Å². The van der Waals surface area contributed by atoms with Crippen molar-refractivity contribution in [3.8, 4) is 0 Å². The molecule has 0 aliphatic carbocycles. The van der Waals surface area contributed by atoms with E-state index in [9.17, 15) is 14.7 Å². The molecule has 0 unspecified atom stereocenters. The third kappa shape index (κ3) is 3.06. The van der Waals surface area contributed by atoms with E-state index in [0.717, 1.165) is 5.56 Å². The summed E-state index contributed by atoms with van der Waals surface area (Å²) in [6.07, 6.45) is 0.359. The normalized spacial score (nSPS) is 10.3. The maximum absolute atomic E-state index is 11.6. The molecule has 0 aromatic heterocycles. The van der Waals surface area contributed by atoms with Crippen molar-refractivity contribution in [3.05, 3.63) is 69.7 Å². The zero-order valence-electron chi connectivity index (χ0n) is 10.9. The highest BCUT2D eigenvalue weighted by Crippen LogP contribution is 2.21. The third-order valence-corrected chi connectivity index (χ3v) is 3.31. The predicted octanol–water partition coefficient (Wildman–Crippen LogP) is 3.83. The van der Waals surface area contributed by atoms with Gasteiger partial charge in [0.1, 0.15) is 0 Å². The quantitative estimate of drug-likeness (QED) is 0.870. The van der Waals surface area contributed by atoms with Crippen LogP contribution in [0.15, 0.2) is 42.5 Å². The Bertz CT molecular complexity index is 677. The molecule has 0 saturated heterocycles. The fraction of sp³-hybridized carbons (Fsp3) is 0.125. The number of Topliss-reactive ketones (excluding diaryl/α,β-unsaturated/α-hetero) is 1. The summed E-state index contributed by atoms with van der Waals surface area (Å²) in [5, 5.41) is 9.68. The van der Waals surface area contributed by atoms with E-state index in [1.54, 1.807) is 24.3 Å². The number of hydrogen-bond acceptors (Lipinski definition) is 2. The minimum atomic E-state index is -1.00. The van der Waals surface area contributed by atoms with Gasteiger partial charge in [0.2, 0.25) is 0 Å². The maximum Gasteiger partial charge on any atom is 0.335 e. The number of carboxylic acid groups (broad SMARTS) is 1. The Morgan fingerprint density at radius 3 is 2.40 bits per heavy atom. The number of carbonyl (C=O) groups excluding carboxylic acids is 1. The van der Waals surface area contributed by atoms with E-state index in [1.165, 1.54) is 13.0 Å². The summed E-state index contributed by atoms with van der Waals surface area (Å²) in [7, 11) is 0. The molecule has 0 radical (unpaired) electrons. The Kier molecular flexibility index (Phi) is 4.20. The molecule has 0 bridgehead atoms. The van der Waals surface area contributed by atoms with Crippen molar-refractivity contribution in [2.45, 2.75) is 13.3 Å². The van der Waals surface area contributed by atoms with E-state index < -0.39 is 5.97 Å². The van der Waals surface area contributed by atoms with Crippen LogP contribution in [0.2, 0.25) is 5.02 Å². The van der Waals surface area contributed by atoms with Gasteiger partial charge in [0.15, 0.2) is 5.78 Å². The summed E-state index contributed by atoms with van der Waals surface area (Å²) in [5.41, 5.74) is 2.19. The van der Waals surface area contributed by atoms with Crippen molar-refractivity contribution in [3.63, 3.8) is 0 Å². The Balaban J connectivity index is 2.47. The van der Waals surface area contributed by atoms with Gasteiger partial charge in [0.05, 0.1) is 5.56 Å². The van der Waals surface area contributed by atoms with Crippen molar-refractivity contribution in [2.75, 3.05) is 0 Å². The lowest BCUT2D eigenvalue weighted by atomic mass is 9.95. The van der Waals surface area contributed by atoms with Crippen LogP contribution in [0, 0.1) is 0 Å². The molecular weight excluding hydrogens is 276 g/mol. The average Bonchev–Trinajstić information content (AvgIpc) is 2.38. The lowest BCUT2D eigenvalue weighted by Gasteiger charge is -2.10. The molecule has 1 N–H and O–H groups in total. The van der Waals surface area contributed by atoms with Gasteiger partial charge >= 0.3 is 5.97 Å². The number of aromatic carboxylic acids is 1. The number of hydrogen-bond donors (Lipinski definition) is 1. The minimum absolute atomic E-state index is 0.0421. The second-order valence-electron chi connectivity index (χ2n) is 4.50. The van der Waals surface area contributed by atoms with Crippen LogP contribution in [0.1, 0.15) is 38.8 Å². The molecule has 0 heterocycles. The maximum atomic E-state index is 11.6. The van der Waals surface area contributed by atoms with Crippen molar-refractivity contribution in [2.24, 2.45) is 0 Å². The van der Waals surface area contributed by atoms with Crippen LogP contribution >= 0.6 is 11.6 Å². The van der Waals surface area contributed by atoms with Crippen LogP contribution < -0.4 is 0 Å². The highest BCUT2D eigenvalue weighted by Gasteiger charge is 2.13. The summed E-state index contributed by atoms with van der Waals surface area (Å²) >= 11 is 5.93. The molecule has 2 aromatic carbocycles. The lowest BCUT2D eigenvalue weighted by Crippen LogP contribution is -2.06. The highest BCUT2D eigenvalue weighted by atomic mass is 35.5. The zero-order valence-corrected chi connectivity index (χ0v) is 11.6. The van der Waals surface area contributed by atoms with Crippen LogP contribution in [0.4, 0.5) is 0 Å². The smallest absolute Gasteiger partial charge is 0.335 e. The van der Waals surface area contributed by atoms with Crippen molar-refractivity contribution in [1.29, 1.82) is 0 Å². The summed E-state index contributed by atoms with van der Waals surface area (Å²) in [6, 6.07) is 11.8. The molecule has 0 amide bonds. The van der Waals surface area contributed by atoms with Crippen LogP contribution in [0.5, 0.6) is 0 Å². The van der Waals surface area contributed by atoms with Gasteiger partial charge in [0.25, 0.3) is 0 Å². The summed E-state index contributed by atoms with van der Waals surface area (Å²) in [5.74, 6) is -1.04. The molecule has 0 atom stereocenters. The number of carbonyl (C=O) groups is 2. The number of benzene rings is 2. The van der Waals surface area contributed by atoms with Gasteiger partial charge < -0.3 is 5.11 Å². The highest BCUT2D eigenvalue weighted by molar-refractivity contribution is 6.30. The molecule has 0 aliphatic heterocycles. The number of carboxylic acids is 1. The molecule has 0 spiro atoms. The second kappa shape index (κ2) is 5.88. The topological polar surface area (TPSA) is 54.4 Å². The minimum Gasteiger partial charge on any atom is -0.478 e. The van der Waals surface area contributed by atoms with Gasteiger partial charge in [-0.15, -0.1) is 0 Å². The summed E-state index contributed by atoms with van der Waals surface area (Å²) < 4.78 is 0. The Morgan fingerprint density at radius 2 is 1.75 bits per heavy atom. The van der Waals surface area contributed by atoms with Crippen molar-refractivity contribution >= 4 is 23.4 Å². The third-order valence-electron chi connectivity index (χ3n) is 3.08. The largest absolute Gasteiger partial charge is 0.478 e. The van der Waals surface area contributed by atoms with Gasteiger partial charge in [-0.1, -0.05) is 35.9 Å². The molecule has 102 valence electrons. The Morgan fingerprint density at radius 1 is 1.05 bits per heavy atom. The van der Waals surface area contributed by atoms with Gasteiger partial charge in [0, 0.05) is 10.6 Å². The zero-order chi connectivity index (χ0) is 14.7. The van der Waals surface area contributed by atoms with Gasteiger partial charge in [-0.2, -0.15) is 0 Å². The van der Waals surface area contributed by atoms with Crippen molar-refractivity contribution < 1.29 is 14.7 Å². The van der Waals surface area contributed by atoms with Crippen molar-refractivity contribution in [1.82, 2.24) is 0 Å². The van der Waals surface area contributed by atoms with E-state index in [4.69, 9.17) is 11.6 Å².